The van der Waals surface area contributed by atoms with E-state index in [2.05, 4.69) is 10.1 Å². The van der Waals surface area contributed by atoms with Crippen LogP contribution < -0.4 is 14.8 Å². The maximum atomic E-state index is 12.6. The van der Waals surface area contributed by atoms with Gasteiger partial charge in [-0.3, -0.25) is 4.79 Å². The maximum absolute atomic E-state index is 12.6. The fourth-order valence-electron chi connectivity index (χ4n) is 3.10. The second kappa shape index (κ2) is 10.0. The first-order chi connectivity index (χ1) is 15.1. The number of amides is 1. The fraction of sp³-hybridized carbons (Fsp3) is 0.292. The van der Waals surface area contributed by atoms with Gasteiger partial charge in [0, 0.05) is 5.02 Å². The minimum Gasteiger partial charge on any atom is -0.485 e. The molecule has 0 aliphatic rings. The molecule has 1 amide bonds. The van der Waals surface area contributed by atoms with E-state index in [4.69, 9.17) is 20.8 Å². The molecule has 1 aromatic heterocycles. The molecule has 0 saturated carbocycles. The van der Waals surface area contributed by atoms with Crippen molar-refractivity contribution < 1.29 is 27.5 Å². The van der Waals surface area contributed by atoms with Crippen molar-refractivity contribution in [2.45, 2.75) is 46.8 Å². The second-order valence-corrected chi connectivity index (χ2v) is 8.09. The Morgan fingerprint density at radius 3 is 2.53 bits per heavy atom. The monoisotopic (exact) mass is 463 g/mol. The number of carbonyl (C=O) groups is 1. The standard InChI is InChI=1S/C24H24ClF2NO4/c1-13(2)17-11-18(25)15(4)10-22(17)30-12-16-6-8-21(31-16)23(29)28-19-9-14(3)5-7-20(19)32-24(26)27/h5-11,13,24H,12H2,1-4H3,(H,28,29). The molecule has 0 bridgehead atoms. The van der Waals surface area contributed by atoms with Crippen molar-refractivity contribution >= 4 is 23.2 Å². The van der Waals surface area contributed by atoms with Gasteiger partial charge in [-0.05, 0) is 72.9 Å². The summed E-state index contributed by atoms with van der Waals surface area (Å²) in [6.07, 6.45) is 0. The molecular formula is C24H24ClF2NO4. The molecule has 0 saturated heterocycles. The molecular weight excluding hydrogens is 440 g/mol. The lowest BCUT2D eigenvalue weighted by Gasteiger charge is -2.15. The third kappa shape index (κ3) is 5.79. The van der Waals surface area contributed by atoms with Crippen molar-refractivity contribution in [2.75, 3.05) is 5.32 Å². The van der Waals surface area contributed by atoms with E-state index in [9.17, 15) is 13.6 Å². The lowest BCUT2D eigenvalue weighted by atomic mass is 10.0. The number of hydrogen-bond acceptors (Lipinski definition) is 4. The number of carbonyl (C=O) groups excluding carboxylic acids is 1. The summed E-state index contributed by atoms with van der Waals surface area (Å²) in [6, 6.07) is 11.4. The van der Waals surface area contributed by atoms with Crippen LogP contribution in [0.4, 0.5) is 14.5 Å². The van der Waals surface area contributed by atoms with E-state index < -0.39 is 12.5 Å². The average Bonchev–Trinajstić information content (AvgIpc) is 3.19. The number of aryl methyl sites for hydroxylation is 2. The summed E-state index contributed by atoms with van der Waals surface area (Å²) in [7, 11) is 0. The molecule has 0 fully saturated rings. The topological polar surface area (TPSA) is 60.7 Å². The van der Waals surface area contributed by atoms with E-state index in [1.54, 1.807) is 25.1 Å². The highest BCUT2D eigenvalue weighted by Gasteiger charge is 2.17. The summed E-state index contributed by atoms with van der Waals surface area (Å²) in [4.78, 5) is 12.6. The van der Waals surface area contributed by atoms with E-state index >= 15 is 0 Å². The Kier molecular flexibility index (Phi) is 7.40. The van der Waals surface area contributed by atoms with Crippen LogP contribution in [0.25, 0.3) is 0 Å². The Morgan fingerprint density at radius 2 is 1.84 bits per heavy atom. The predicted molar refractivity (Wildman–Crippen MR) is 119 cm³/mol. The minimum absolute atomic E-state index is 0.0180. The van der Waals surface area contributed by atoms with Crippen LogP contribution in [0, 0.1) is 13.8 Å². The smallest absolute Gasteiger partial charge is 0.387 e. The number of ether oxygens (including phenoxy) is 2. The SMILES string of the molecule is Cc1ccc(OC(F)F)c(NC(=O)c2ccc(COc3cc(C)c(Cl)cc3C(C)C)o2)c1. The number of nitrogens with one attached hydrogen (secondary N) is 1. The zero-order valence-corrected chi connectivity index (χ0v) is 18.9. The van der Waals surface area contributed by atoms with Crippen LogP contribution in [0.2, 0.25) is 5.02 Å². The molecule has 2 aromatic carbocycles. The van der Waals surface area contributed by atoms with Gasteiger partial charge in [0.1, 0.15) is 23.9 Å². The zero-order valence-electron chi connectivity index (χ0n) is 18.2. The lowest BCUT2D eigenvalue weighted by Crippen LogP contribution is -2.13. The normalized spacial score (nSPS) is 11.2. The van der Waals surface area contributed by atoms with Gasteiger partial charge in [-0.2, -0.15) is 8.78 Å². The summed E-state index contributed by atoms with van der Waals surface area (Å²) in [6.45, 7) is 4.85. The predicted octanol–water partition coefficient (Wildman–Crippen LogP) is 7.11. The van der Waals surface area contributed by atoms with Gasteiger partial charge in [0.15, 0.2) is 5.76 Å². The maximum Gasteiger partial charge on any atom is 0.387 e. The molecule has 5 nitrogen and oxygen atoms in total. The van der Waals surface area contributed by atoms with Crippen molar-refractivity contribution in [3.05, 3.63) is 75.7 Å². The van der Waals surface area contributed by atoms with Crippen LogP contribution in [-0.2, 0) is 6.61 Å². The van der Waals surface area contributed by atoms with Gasteiger partial charge >= 0.3 is 6.61 Å². The number of rotatable bonds is 8. The molecule has 8 heteroatoms. The van der Waals surface area contributed by atoms with Crippen LogP contribution in [0.15, 0.2) is 46.9 Å². The first kappa shape index (κ1) is 23.6. The van der Waals surface area contributed by atoms with Crippen molar-refractivity contribution in [2.24, 2.45) is 0 Å². The van der Waals surface area contributed by atoms with Gasteiger partial charge < -0.3 is 19.2 Å². The Bertz CT molecular complexity index is 1110. The van der Waals surface area contributed by atoms with Gasteiger partial charge in [0.05, 0.1) is 5.69 Å². The summed E-state index contributed by atoms with van der Waals surface area (Å²) in [5.74, 6) is 0.632. The number of halogens is 3. The average molecular weight is 464 g/mol. The van der Waals surface area contributed by atoms with Crippen molar-refractivity contribution in [1.29, 1.82) is 0 Å². The molecule has 170 valence electrons. The Balaban J connectivity index is 1.71. The molecule has 32 heavy (non-hydrogen) atoms. The van der Waals surface area contributed by atoms with Gasteiger partial charge in [-0.25, -0.2) is 0 Å². The Morgan fingerprint density at radius 1 is 1.09 bits per heavy atom. The van der Waals surface area contributed by atoms with E-state index in [0.29, 0.717) is 16.5 Å². The highest BCUT2D eigenvalue weighted by Crippen LogP contribution is 2.33. The third-order valence-electron chi connectivity index (χ3n) is 4.77. The molecule has 3 aromatic rings. The largest absolute Gasteiger partial charge is 0.485 e. The van der Waals surface area contributed by atoms with Crippen LogP contribution in [0.1, 0.15) is 52.8 Å². The number of hydrogen-bond donors (Lipinski definition) is 1. The number of furan rings is 1. The molecule has 1 N–H and O–H groups in total. The van der Waals surface area contributed by atoms with Gasteiger partial charge in [-0.1, -0.05) is 31.5 Å². The van der Waals surface area contributed by atoms with Crippen LogP contribution in [-0.4, -0.2) is 12.5 Å². The summed E-state index contributed by atoms with van der Waals surface area (Å²) in [5.41, 5.74) is 2.76. The van der Waals surface area contributed by atoms with E-state index in [0.717, 1.165) is 16.7 Å². The van der Waals surface area contributed by atoms with Crippen LogP contribution in [0.5, 0.6) is 11.5 Å². The quantitative estimate of drug-likeness (QED) is 0.387. The molecule has 0 spiro atoms. The van der Waals surface area contributed by atoms with Crippen molar-refractivity contribution in [3.63, 3.8) is 0 Å². The number of anilines is 1. The van der Waals surface area contributed by atoms with E-state index in [-0.39, 0.29) is 29.7 Å². The molecule has 0 unspecified atom stereocenters. The summed E-state index contributed by atoms with van der Waals surface area (Å²) in [5, 5.41) is 3.22. The molecule has 0 aliphatic carbocycles. The minimum atomic E-state index is -3.01. The molecule has 1 heterocycles. The van der Waals surface area contributed by atoms with Crippen LogP contribution in [0.3, 0.4) is 0 Å². The van der Waals surface area contributed by atoms with Gasteiger partial charge in [-0.15, -0.1) is 0 Å². The molecule has 0 radical (unpaired) electrons. The van der Waals surface area contributed by atoms with Crippen molar-refractivity contribution in [1.82, 2.24) is 0 Å². The van der Waals surface area contributed by atoms with E-state index in [1.807, 2.05) is 32.9 Å². The van der Waals surface area contributed by atoms with Gasteiger partial charge in [0.2, 0.25) is 0 Å². The van der Waals surface area contributed by atoms with Gasteiger partial charge in [0.25, 0.3) is 5.91 Å². The summed E-state index contributed by atoms with van der Waals surface area (Å²) < 4.78 is 41.3. The van der Waals surface area contributed by atoms with Crippen LogP contribution >= 0.6 is 11.6 Å². The highest BCUT2D eigenvalue weighted by molar-refractivity contribution is 6.31. The first-order valence-electron chi connectivity index (χ1n) is 10.0. The van der Waals surface area contributed by atoms with Crippen molar-refractivity contribution in [3.8, 4) is 11.5 Å². The summed E-state index contributed by atoms with van der Waals surface area (Å²) >= 11 is 6.23. The molecule has 0 aliphatic heterocycles. The zero-order chi connectivity index (χ0) is 23.4. The molecule has 0 atom stereocenters. The fourth-order valence-corrected chi connectivity index (χ4v) is 3.27. The third-order valence-corrected chi connectivity index (χ3v) is 5.17. The number of benzene rings is 2. The Hall–Kier alpha value is -3.06. The second-order valence-electron chi connectivity index (χ2n) is 7.68. The molecule has 3 rings (SSSR count). The first-order valence-corrected chi connectivity index (χ1v) is 10.4. The van der Waals surface area contributed by atoms with E-state index in [1.165, 1.54) is 12.1 Å². The lowest BCUT2D eigenvalue weighted by molar-refractivity contribution is -0.0493. The number of alkyl halides is 2. The Labute approximate surface area is 190 Å². The highest BCUT2D eigenvalue weighted by atomic mass is 35.5.